The van der Waals surface area contributed by atoms with Gasteiger partial charge in [0.05, 0.1) is 0 Å². The zero-order chi connectivity index (χ0) is 14.6. The van der Waals surface area contributed by atoms with Gasteiger partial charge in [-0.15, -0.1) is 0 Å². The van der Waals surface area contributed by atoms with Crippen LogP contribution in [0.2, 0.25) is 0 Å². The summed E-state index contributed by atoms with van der Waals surface area (Å²) in [4.78, 5) is 2.50. The first kappa shape index (κ1) is 16.1. The topological polar surface area (TPSA) is 15.3 Å². The highest BCUT2D eigenvalue weighted by Gasteiger charge is 2.46. The Bertz CT molecular complexity index is 292. The Morgan fingerprint density at radius 2 is 1.65 bits per heavy atom. The van der Waals surface area contributed by atoms with Gasteiger partial charge in [-0.05, 0) is 52.2 Å². The highest BCUT2D eigenvalue weighted by molar-refractivity contribution is 5.04. The van der Waals surface area contributed by atoms with Crippen molar-refractivity contribution in [2.75, 3.05) is 20.1 Å². The molecule has 1 saturated carbocycles. The number of piperidine rings is 1. The molecule has 20 heavy (non-hydrogen) atoms. The first-order valence-corrected chi connectivity index (χ1v) is 7.97. The van der Waals surface area contributed by atoms with Crippen LogP contribution >= 0.6 is 0 Å². The minimum absolute atomic E-state index is 0.0274. The first-order chi connectivity index (χ1) is 9.48. The molecule has 1 aliphatic carbocycles. The molecule has 1 atom stereocenters. The molecule has 2 nitrogen and oxygen atoms in total. The number of halogens is 3. The Balaban J connectivity index is 2.08. The molecule has 0 aromatic heterocycles. The van der Waals surface area contributed by atoms with Crippen LogP contribution in [0.4, 0.5) is 13.2 Å². The number of alkyl halides is 3. The van der Waals surface area contributed by atoms with Gasteiger partial charge >= 0.3 is 6.18 Å². The van der Waals surface area contributed by atoms with Crippen molar-refractivity contribution in [2.45, 2.75) is 75.5 Å². The van der Waals surface area contributed by atoms with E-state index in [1.54, 1.807) is 0 Å². The summed E-state index contributed by atoms with van der Waals surface area (Å²) in [5.41, 5.74) is -0.0274. The molecule has 0 amide bonds. The van der Waals surface area contributed by atoms with Crippen molar-refractivity contribution in [3.63, 3.8) is 0 Å². The number of likely N-dealkylation sites (tertiary alicyclic amines) is 1. The summed E-state index contributed by atoms with van der Waals surface area (Å²) in [5, 5.41) is 3.21. The molecule has 1 N–H and O–H groups in total. The molecule has 5 heteroatoms. The quantitative estimate of drug-likeness (QED) is 0.831. The zero-order valence-corrected chi connectivity index (χ0v) is 12.4. The van der Waals surface area contributed by atoms with Crippen LogP contribution in [-0.2, 0) is 0 Å². The maximum absolute atomic E-state index is 12.6. The SMILES string of the molecule is CNC(CCC(F)(F)F)C1(N2CCCCC2)CCCC1. The number of likely N-dealkylation sites (N-methyl/N-ethyl adjacent to an activating group) is 1. The van der Waals surface area contributed by atoms with Crippen LogP contribution in [-0.4, -0.2) is 42.8 Å². The largest absolute Gasteiger partial charge is 0.389 e. The van der Waals surface area contributed by atoms with Gasteiger partial charge in [0.2, 0.25) is 0 Å². The highest BCUT2D eigenvalue weighted by atomic mass is 19.4. The third-order valence-corrected chi connectivity index (χ3v) is 5.17. The molecular weight excluding hydrogens is 265 g/mol. The Morgan fingerprint density at radius 3 is 2.15 bits per heavy atom. The molecule has 1 unspecified atom stereocenters. The van der Waals surface area contributed by atoms with E-state index in [0.29, 0.717) is 0 Å². The van der Waals surface area contributed by atoms with E-state index in [9.17, 15) is 13.2 Å². The van der Waals surface area contributed by atoms with Gasteiger partial charge in [-0.2, -0.15) is 13.2 Å². The Labute approximate surface area is 120 Å². The van der Waals surface area contributed by atoms with Crippen molar-refractivity contribution in [1.82, 2.24) is 10.2 Å². The summed E-state index contributed by atoms with van der Waals surface area (Å²) in [6, 6.07) is -0.0373. The zero-order valence-electron chi connectivity index (χ0n) is 12.4. The van der Waals surface area contributed by atoms with E-state index in [4.69, 9.17) is 0 Å². The van der Waals surface area contributed by atoms with Crippen LogP contribution in [0.3, 0.4) is 0 Å². The minimum Gasteiger partial charge on any atom is -0.315 e. The maximum atomic E-state index is 12.6. The second kappa shape index (κ2) is 6.65. The number of nitrogens with one attached hydrogen (secondary N) is 1. The number of hydrogen-bond donors (Lipinski definition) is 1. The van der Waals surface area contributed by atoms with Gasteiger partial charge in [-0.1, -0.05) is 19.3 Å². The van der Waals surface area contributed by atoms with Gasteiger partial charge in [0.1, 0.15) is 0 Å². The molecule has 0 bridgehead atoms. The Kier molecular flexibility index (Phi) is 5.35. The van der Waals surface area contributed by atoms with E-state index in [-0.39, 0.29) is 18.0 Å². The van der Waals surface area contributed by atoms with Crippen LogP contribution in [0.15, 0.2) is 0 Å². The van der Waals surface area contributed by atoms with Crippen LogP contribution in [0.25, 0.3) is 0 Å². The normalized spacial score (nSPS) is 25.8. The predicted molar refractivity (Wildman–Crippen MR) is 74.8 cm³/mol. The third-order valence-electron chi connectivity index (χ3n) is 5.17. The molecule has 0 aromatic carbocycles. The lowest BCUT2D eigenvalue weighted by atomic mass is 9.82. The molecule has 0 aromatic rings. The molecular formula is C15H27F3N2. The van der Waals surface area contributed by atoms with Crippen molar-refractivity contribution < 1.29 is 13.2 Å². The van der Waals surface area contributed by atoms with Gasteiger partial charge < -0.3 is 5.32 Å². The van der Waals surface area contributed by atoms with Crippen molar-refractivity contribution in [2.24, 2.45) is 0 Å². The molecule has 2 rings (SSSR count). The van der Waals surface area contributed by atoms with Crippen LogP contribution < -0.4 is 5.32 Å². The molecule has 1 heterocycles. The summed E-state index contributed by atoms with van der Waals surface area (Å²) in [5.74, 6) is 0. The fourth-order valence-corrected chi connectivity index (χ4v) is 4.20. The average Bonchev–Trinajstić information content (AvgIpc) is 2.90. The summed E-state index contributed by atoms with van der Waals surface area (Å²) < 4.78 is 37.7. The van der Waals surface area contributed by atoms with Crippen molar-refractivity contribution in [3.05, 3.63) is 0 Å². The number of hydrogen-bond acceptors (Lipinski definition) is 2. The molecule has 2 aliphatic rings. The van der Waals surface area contributed by atoms with Gasteiger partial charge in [0.25, 0.3) is 0 Å². The van der Waals surface area contributed by atoms with Crippen molar-refractivity contribution >= 4 is 0 Å². The Hall–Kier alpha value is -0.290. The van der Waals surface area contributed by atoms with E-state index in [0.717, 1.165) is 38.8 Å². The Morgan fingerprint density at radius 1 is 1.05 bits per heavy atom. The van der Waals surface area contributed by atoms with Gasteiger partial charge in [-0.3, -0.25) is 4.90 Å². The summed E-state index contributed by atoms with van der Waals surface area (Å²) >= 11 is 0. The van der Waals surface area contributed by atoms with Gasteiger partial charge in [0, 0.05) is 18.0 Å². The lowest BCUT2D eigenvalue weighted by Gasteiger charge is -2.48. The number of rotatable bonds is 5. The van der Waals surface area contributed by atoms with E-state index < -0.39 is 12.6 Å². The van der Waals surface area contributed by atoms with Crippen molar-refractivity contribution in [1.29, 1.82) is 0 Å². The lowest BCUT2D eigenvalue weighted by Crippen LogP contribution is -2.60. The second-order valence-corrected chi connectivity index (χ2v) is 6.35. The van der Waals surface area contributed by atoms with Crippen LogP contribution in [0, 0.1) is 0 Å². The first-order valence-electron chi connectivity index (χ1n) is 7.97. The standard InChI is InChI=1S/C15H27F3N2/c1-19-13(7-10-15(16,17)18)14(8-3-4-9-14)20-11-5-2-6-12-20/h13,19H,2-12H2,1H3. The summed E-state index contributed by atoms with van der Waals surface area (Å²) in [7, 11) is 1.82. The van der Waals surface area contributed by atoms with Crippen LogP contribution in [0.1, 0.15) is 57.8 Å². The third kappa shape index (κ3) is 3.67. The minimum atomic E-state index is -4.04. The molecule has 0 spiro atoms. The molecule has 1 aliphatic heterocycles. The molecule has 118 valence electrons. The fraction of sp³-hybridized carbons (Fsp3) is 1.00. The van der Waals surface area contributed by atoms with E-state index >= 15 is 0 Å². The smallest absolute Gasteiger partial charge is 0.315 e. The van der Waals surface area contributed by atoms with Crippen LogP contribution in [0.5, 0.6) is 0 Å². The predicted octanol–water partition coefficient (Wildman–Crippen LogP) is 3.72. The maximum Gasteiger partial charge on any atom is 0.389 e. The summed E-state index contributed by atoms with van der Waals surface area (Å²) in [6.45, 7) is 2.12. The lowest BCUT2D eigenvalue weighted by molar-refractivity contribution is -0.139. The molecule has 1 saturated heterocycles. The highest BCUT2D eigenvalue weighted by Crippen LogP contribution is 2.41. The monoisotopic (exact) mass is 292 g/mol. The molecule has 2 fully saturated rings. The molecule has 0 radical (unpaired) electrons. The van der Waals surface area contributed by atoms with Crippen molar-refractivity contribution in [3.8, 4) is 0 Å². The fourth-order valence-electron chi connectivity index (χ4n) is 4.20. The number of nitrogens with zero attached hydrogens (tertiary/aromatic N) is 1. The van der Waals surface area contributed by atoms with E-state index in [1.807, 2.05) is 7.05 Å². The van der Waals surface area contributed by atoms with Gasteiger partial charge in [-0.25, -0.2) is 0 Å². The summed E-state index contributed by atoms with van der Waals surface area (Å²) in [6.07, 6.45) is 3.55. The average molecular weight is 292 g/mol. The van der Waals surface area contributed by atoms with Gasteiger partial charge in [0.15, 0.2) is 0 Å². The second-order valence-electron chi connectivity index (χ2n) is 6.35. The van der Waals surface area contributed by atoms with E-state index in [1.165, 1.54) is 19.3 Å². The van der Waals surface area contributed by atoms with E-state index in [2.05, 4.69) is 10.2 Å².